The van der Waals surface area contributed by atoms with Gasteiger partial charge in [0.05, 0.1) is 12.7 Å². The fourth-order valence-corrected chi connectivity index (χ4v) is 1.11. The van der Waals surface area contributed by atoms with Crippen molar-refractivity contribution in [3.8, 4) is 6.07 Å². The number of hydrogen-bond acceptors (Lipinski definition) is 3. The summed E-state index contributed by atoms with van der Waals surface area (Å²) in [5, 5.41) is 9.41. The molecule has 4 heteroatoms. The van der Waals surface area contributed by atoms with Crippen molar-refractivity contribution in [2.75, 3.05) is 7.11 Å². The van der Waals surface area contributed by atoms with E-state index in [0.29, 0.717) is 10.6 Å². The third-order valence-electron chi connectivity index (χ3n) is 1.74. The van der Waals surface area contributed by atoms with E-state index in [4.69, 9.17) is 16.9 Å². The summed E-state index contributed by atoms with van der Waals surface area (Å²) in [7, 11) is 1.26. The van der Waals surface area contributed by atoms with Crippen molar-refractivity contribution in [3.63, 3.8) is 0 Å². The molecular weight excluding hydrogens is 214 g/mol. The molecule has 0 aliphatic carbocycles. The van der Waals surface area contributed by atoms with Gasteiger partial charge in [-0.1, -0.05) is 23.7 Å². The van der Waals surface area contributed by atoms with Gasteiger partial charge < -0.3 is 4.74 Å². The number of rotatable bonds is 2. The number of nitrogens with zero attached hydrogens (tertiary/aromatic N) is 1. The first-order chi connectivity index (χ1) is 7.17. The highest BCUT2D eigenvalue weighted by Crippen LogP contribution is 2.16. The van der Waals surface area contributed by atoms with Crippen molar-refractivity contribution in [1.29, 1.82) is 5.26 Å². The van der Waals surface area contributed by atoms with Crippen LogP contribution in [-0.4, -0.2) is 13.1 Å². The van der Waals surface area contributed by atoms with E-state index in [-0.39, 0.29) is 5.57 Å². The van der Waals surface area contributed by atoms with Crippen LogP contribution in [0.1, 0.15) is 5.56 Å². The Labute approximate surface area is 92.5 Å². The lowest BCUT2D eigenvalue weighted by Gasteiger charge is -1.98. The van der Waals surface area contributed by atoms with Crippen LogP contribution in [0.15, 0.2) is 30.3 Å². The van der Waals surface area contributed by atoms with E-state index in [1.807, 2.05) is 6.07 Å². The zero-order chi connectivity index (χ0) is 11.3. The lowest BCUT2D eigenvalue weighted by Crippen LogP contribution is -1.96. The largest absolute Gasteiger partial charge is 0.466 e. The van der Waals surface area contributed by atoms with Gasteiger partial charge in [-0.3, -0.25) is 0 Å². The van der Waals surface area contributed by atoms with Gasteiger partial charge in [-0.2, -0.15) is 5.26 Å². The number of nitriles is 1. The number of allylic oxidation sites excluding steroid dienone is 1. The van der Waals surface area contributed by atoms with Gasteiger partial charge in [0.1, 0.15) is 6.07 Å². The Bertz CT molecular complexity index is 429. The first kappa shape index (κ1) is 11.3. The Kier molecular flexibility index (Phi) is 3.90. The molecule has 3 nitrogen and oxygen atoms in total. The molecule has 1 aromatic rings. The van der Waals surface area contributed by atoms with Gasteiger partial charge in [0, 0.05) is 11.1 Å². The van der Waals surface area contributed by atoms with Crippen molar-refractivity contribution < 1.29 is 9.53 Å². The van der Waals surface area contributed by atoms with E-state index in [9.17, 15) is 4.79 Å². The zero-order valence-electron chi connectivity index (χ0n) is 8.03. The van der Waals surface area contributed by atoms with Crippen LogP contribution in [-0.2, 0) is 9.53 Å². The highest BCUT2D eigenvalue weighted by molar-refractivity contribution is 6.30. The second-order valence-corrected chi connectivity index (χ2v) is 3.14. The maximum Gasteiger partial charge on any atom is 0.331 e. The number of carbonyl (C=O) groups excluding carboxylic acids is 1. The van der Waals surface area contributed by atoms with E-state index in [2.05, 4.69) is 4.74 Å². The Morgan fingerprint density at radius 3 is 2.53 bits per heavy atom. The minimum Gasteiger partial charge on any atom is -0.466 e. The van der Waals surface area contributed by atoms with Gasteiger partial charge in [-0.15, -0.1) is 0 Å². The first-order valence-electron chi connectivity index (χ1n) is 4.13. The standard InChI is InChI=1S/C11H8ClNO2/c1-15-11(14)6-9(7-13)8-2-4-10(12)5-3-8/h2-6H,1H3/b9-6+. The SMILES string of the molecule is COC(=O)/C=C(\C#N)c1ccc(Cl)cc1. The summed E-state index contributed by atoms with van der Waals surface area (Å²) in [6.07, 6.45) is 1.14. The molecular formula is C11H8ClNO2. The molecule has 0 atom stereocenters. The number of esters is 1. The van der Waals surface area contributed by atoms with Crippen molar-refractivity contribution >= 4 is 23.1 Å². The molecule has 0 amide bonds. The number of methoxy groups -OCH3 is 1. The lowest BCUT2D eigenvalue weighted by molar-refractivity contribution is -0.134. The first-order valence-corrected chi connectivity index (χ1v) is 4.51. The quantitative estimate of drug-likeness (QED) is 0.438. The minimum atomic E-state index is -0.554. The van der Waals surface area contributed by atoms with E-state index in [1.54, 1.807) is 24.3 Å². The summed E-state index contributed by atoms with van der Waals surface area (Å²) in [6, 6.07) is 8.56. The van der Waals surface area contributed by atoms with Crippen molar-refractivity contribution in [2.24, 2.45) is 0 Å². The van der Waals surface area contributed by atoms with Crippen LogP contribution in [0, 0.1) is 11.3 Å². The maximum absolute atomic E-state index is 10.9. The molecule has 0 aliphatic rings. The van der Waals surface area contributed by atoms with Crippen molar-refractivity contribution in [1.82, 2.24) is 0 Å². The Morgan fingerprint density at radius 1 is 1.47 bits per heavy atom. The average Bonchev–Trinajstić information content (AvgIpc) is 2.27. The summed E-state index contributed by atoms with van der Waals surface area (Å²) >= 11 is 5.70. The third-order valence-corrected chi connectivity index (χ3v) is 1.99. The summed E-state index contributed by atoms with van der Waals surface area (Å²) < 4.78 is 4.44. The van der Waals surface area contributed by atoms with Gasteiger partial charge in [0.15, 0.2) is 0 Å². The van der Waals surface area contributed by atoms with Gasteiger partial charge in [-0.25, -0.2) is 4.79 Å². The molecule has 0 N–H and O–H groups in total. The average molecular weight is 222 g/mol. The van der Waals surface area contributed by atoms with Crippen LogP contribution in [0.5, 0.6) is 0 Å². The van der Waals surface area contributed by atoms with E-state index in [0.717, 1.165) is 6.08 Å². The zero-order valence-corrected chi connectivity index (χ0v) is 8.78. The van der Waals surface area contributed by atoms with Crippen LogP contribution in [0.3, 0.4) is 0 Å². The van der Waals surface area contributed by atoms with Crippen LogP contribution in [0.2, 0.25) is 5.02 Å². The topological polar surface area (TPSA) is 50.1 Å². The molecule has 0 unspecified atom stereocenters. The highest BCUT2D eigenvalue weighted by atomic mass is 35.5. The molecule has 1 rings (SSSR count). The second kappa shape index (κ2) is 5.18. The molecule has 0 heterocycles. The molecule has 76 valence electrons. The number of hydrogen-bond donors (Lipinski definition) is 0. The molecule has 0 saturated carbocycles. The predicted octanol–water partition coefficient (Wildman–Crippen LogP) is 2.42. The molecule has 0 bridgehead atoms. The monoisotopic (exact) mass is 221 g/mol. The molecule has 0 radical (unpaired) electrons. The van der Waals surface area contributed by atoms with Gasteiger partial charge >= 0.3 is 5.97 Å². The van der Waals surface area contributed by atoms with Crippen LogP contribution < -0.4 is 0 Å². The summed E-state index contributed by atoms with van der Waals surface area (Å²) in [5.74, 6) is -0.554. The fraction of sp³-hybridized carbons (Fsp3) is 0.0909. The highest BCUT2D eigenvalue weighted by Gasteiger charge is 2.03. The Balaban J connectivity index is 3.04. The molecule has 15 heavy (non-hydrogen) atoms. The smallest absolute Gasteiger partial charge is 0.331 e. The normalized spacial score (nSPS) is 10.6. The number of carbonyl (C=O) groups is 1. The lowest BCUT2D eigenvalue weighted by atomic mass is 10.1. The van der Waals surface area contributed by atoms with Crippen LogP contribution in [0.4, 0.5) is 0 Å². The minimum absolute atomic E-state index is 0.249. The number of benzene rings is 1. The van der Waals surface area contributed by atoms with Gasteiger partial charge in [-0.05, 0) is 17.7 Å². The molecule has 0 aromatic heterocycles. The molecule has 0 spiro atoms. The third kappa shape index (κ3) is 3.12. The van der Waals surface area contributed by atoms with Crippen LogP contribution >= 0.6 is 11.6 Å². The van der Waals surface area contributed by atoms with E-state index in [1.165, 1.54) is 7.11 Å². The summed E-state index contributed by atoms with van der Waals surface area (Å²) in [6.45, 7) is 0. The molecule has 0 fully saturated rings. The number of ether oxygens (including phenoxy) is 1. The molecule has 1 aromatic carbocycles. The maximum atomic E-state index is 10.9. The fourth-order valence-electron chi connectivity index (χ4n) is 0.986. The van der Waals surface area contributed by atoms with Crippen molar-refractivity contribution in [2.45, 2.75) is 0 Å². The van der Waals surface area contributed by atoms with Gasteiger partial charge in [0.2, 0.25) is 0 Å². The molecule has 0 saturated heterocycles. The van der Waals surface area contributed by atoms with E-state index < -0.39 is 5.97 Å². The second-order valence-electron chi connectivity index (χ2n) is 2.70. The predicted molar refractivity (Wildman–Crippen MR) is 57.1 cm³/mol. The Morgan fingerprint density at radius 2 is 2.07 bits per heavy atom. The van der Waals surface area contributed by atoms with Gasteiger partial charge in [0.25, 0.3) is 0 Å². The summed E-state index contributed by atoms with van der Waals surface area (Å²) in [5.41, 5.74) is 0.880. The summed E-state index contributed by atoms with van der Waals surface area (Å²) in [4.78, 5) is 10.9. The van der Waals surface area contributed by atoms with Crippen molar-refractivity contribution in [3.05, 3.63) is 40.9 Å². The van der Waals surface area contributed by atoms with Crippen LogP contribution in [0.25, 0.3) is 5.57 Å². The van der Waals surface area contributed by atoms with E-state index >= 15 is 0 Å². The molecule has 0 aliphatic heterocycles. The Hall–Kier alpha value is -1.79. The number of halogens is 1.